The molecule has 0 unspecified atom stereocenters. The number of hydrogen-bond acceptors (Lipinski definition) is 2. The first-order valence-corrected chi connectivity index (χ1v) is 7.32. The summed E-state index contributed by atoms with van der Waals surface area (Å²) in [6, 6.07) is 10.6. The van der Waals surface area contributed by atoms with Gasteiger partial charge in [-0.1, -0.05) is 52.9 Å². The Morgan fingerprint density at radius 3 is 2.75 bits per heavy atom. The fraction of sp³-hybridized carbons (Fsp3) is 0.538. The van der Waals surface area contributed by atoms with E-state index in [1.165, 1.54) is 5.56 Å². The molecule has 16 heavy (non-hydrogen) atoms. The molecule has 0 radical (unpaired) electrons. The van der Waals surface area contributed by atoms with Crippen molar-refractivity contribution in [3.8, 4) is 0 Å². The third-order valence-corrected chi connectivity index (χ3v) is 4.36. The van der Waals surface area contributed by atoms with Gasteiger partial charge in [-0.3, -0.25) is 4.90 Å². The largest absolute Gasteiger partial charge is 0.393 e. The molecule has 0 bridgehead atoms. The third kappa shape index (κ3) is 3.18. The van der Waals surface area contributed by atoms with Crippen LogP contribution in [0.2, 0.25) is 0 Å². The zero-order valence-electron chi connectivity index (χ0n) is 9.35. The number of alkyl halides is 1. The molecule has 1 aliphatic rings. The van der Waals surface area contributed by atoms with Crippen LogP contribution < -0.4 is 0 Å². The second-order valence-electron chi connectivity index (χ2n) is 4.49. The van der Waals surface area contributed by atoms with Crippen LogP contribution in [-0.2, 0) is 6.54 Å². The van der Waals surface area contributed by atoms with E-state index < -0.39 is 0 Å². The maximum absolute atomic E-state index is 9.82. The number of aliphatic hydroxyl groups excluding tert-OH is 1. The van der Waals surface area contributed by atoms with E-state index >= 15 is 0 Å². The summed E-state index contributed by atoms with van der Waals surface area (Å²) in [6.45, 7) is 3.06. The molecular formula is C13H18INO. The lowest BCUT2D eigenvalue weighted by Gasteiger charge is -2.35. The molecule has 0 spiro atoms. The van der Waals surface area contributed by atoms with Crippen LogP contribution in [0.3, 0.4) is 0 Å². The monoisotopic (exact) mass is 331 g/mol. The van der Waals surface area contributed by atoms with E-state index in [4.69, 9.17) is 0 Å². The molecule has 0 saturated carbocycles. The van der Waals surface area contributed by atoms with Crippen molar-refractivity contribution in [2.45, 2.75) is 19.1 Å². The Balaban J connectivity index is 1.92. The fourth-order valence-electron chi connectivity index (χ4n) is 2.23. The number of piperidine rings is 1. The number of hydrogen-bond donors (Lipinski definition) is 1. The maximum atomic E-state index is 9.82. The molecule has 1 saturated heterocycles. The zero-order chi connectivity index (χ0) is 11.4. The Morgan fingerprint density at radius 1 is 1.31 bits per heavy atom. The predicted molar refractivity (Wildman–Crippen MR) is 74.7 cm³/mol. The van der Waals surface area contributed by atoms with Gasteiger partial charge in [0.25, 0.3) is 0 Å². The van der Waals surface area contributed by atoms with E-state index in [2.05, 4.69) is 57.8 Å². The second kappa shape index (κ2) is 5.98. The second-order valence-corrected chi connectivity index (χ2v) is 5.37. The zero-order valence-corrected chi connectivity index (χ0v) is 11.5. The van der Waals surface area contributed by atoms with Crippen molar-refractivity contribution >= 4 is 22.6 Å². The molecule has 1 heterocycles. The molecule has 1 N–H and O–H groups in total. The van der Waals surface area contributed by atoms with E-state index in [1.807, 2.05) is 0 Å². The van der Waals surface area contributed by atoms with Crippen molar-refractivity contribution in [3.63, 3.8) is 0 Å². The molecule has 1 aromatic carbocycles. The van der Waals surface area contributed by atoms with Crippen molar-refractivity contribution in [1.82, 2.24) is 4.90 Å². The van der Waals surface area contributed by atoms with Crippen molar-refractivity contribution in [2.75, 3.05) is 17.5 Å². The van der Waals surface area contributed by atoms with Gasteiger partial charge in [-0.2, -0.15) is 0 Å². The van der Waals surface area contributed by atoms with Crippen LogP contribution in [0.25, 0.3) is 0 Å². The van der Waals surface area contributed by atoms with E-state index in [9.17, 15) is 5.11 Å². The number of nitrogens with zero attached hydrogens (tertiary/aromatic N) is 1. The molecule has 0 aromatic heterocycles. The van der Waals surface area contributed by atoms with Gasteiger partial charge >= 0.3 is 0 Å². The number of aliphatic hydroxyl groups is 1. The number of rotatable bonds is 3. The Bertz CT molecular complexity index is 317. The topological polar surface area (TPSA) is 23.5 Å². The van der Waals surface area contributed by atoms with Gasteiger partial charge < -0.3 is 5.11 Å². The van der Waals surface area contributed by atoms with Crippen LogP contribution in [0.1, 0.15) is 12.0 Å². The lowest BCUT2D eigenvalue weighted by molar-refractivity contribution is 0.0353. The minimum absolute atomic E-state index is 0.0936. The minimum Gasteiger partial charge on any atom is -0.393 e. The first-order chi connectivity index (χ1) is 7.79. The van der Waals surface area contributed by atoms with Gasteiger partial charge in [0.15, 0.2) is 0 Å². The van der Waals surface area contributed by atoms with E-state index in [0.29, 0.717) is 5.92 Å². The molecule has 1 fully saturated rings. The van der Waals surface area contributed by atoms with Gasteiger partial charge in [0.2, 0.25) is 0 Å². The maximum Gasteiger partial charge on any atom is 0.0600 e. The summed E-state index contributed by atoms with van der Waals surface area (Å²) in [7, 11) is 0. The lowest BCUT2D eigenvalue weighted by Crippen LogP contribution is -2.43. The van der Waals surface area contributed by atoms with Crippen molar-refractivity contribution in [3.05, 3.63) is 35.9 Å². The smallest absolute Gasteiger partial charge is 0.0600 e. The number of halogens is 1. The van der Waals surface area contributed by atoms with Crippen molar-refractivity contribution in [2.24, 2.45) is 5.92 Å². The molecular weight excluding hydrogens is 313 g/mol. The summed E-state index contributed by atoms with van der Waals surface area (Å²) in [5, 5.41) is 9.82. The average molecular weight is 331 g/mol. The van der Waals surface area contributed by atoms with Crippen LogP contribution in [0.5, 0.6) is 0 Å². The van der Waals surface area contributed by atoms with Crippen LogP contribution in [0, 0.1) is 5.92 Å². The van der Waals surface area contributed by atoms with E-state index in [-0.39, 0.29) is 6.10 Å². The summed E-state index contributed by atoms with van der Waals surface area (Å²) >= 11 is 2.38. The Morgan fingerprint density at radius 2 is 2.06 bits per heavy atom. The van der Waals surface area contributed by atoms with Gasteiger partial charge in [-0.25, -0.2) is 0 Å². The van der Waals surface area contributed by atoms with Crippen LogP contribution in [0.15, 0.2) is 30.3 Å². The highest BCUT2D eigenvalue weighted by Crippen LogP contribution is 2.20. The summed E-state index contributed by atoms with van der Waals surface area (Å²) in [5.41, 5.74) is 1.37. The molecule has 1 aliphatic heterocycles. The highest BCUT2D eigenvalue weighted by atomic mass is 127. The Hall–Kier alpha value is -0.130. The summed E-state index contributed by atoms with van der Waals surface area (Å²) in [4.78, 5) is 2.45. The summed E-state index contributed by atoms with van der Waals surface area (Å²) in [5.74, 6) is 0.443. The molecule has 2 atom stereocenters. The first kappa shape index (κ1) is 12.3. The third-order valence-electron chi connectivity index (χ3n) is 3.23. The molecule has 3 heteroatoms. The van der Waals surface area contributed by atoms with Crippen LogP contribution >= 0.6 is 22.6 Å². The number of benzene rings is 1. The van der Waals surface area contributed by atoms with Crippen molar-refractivity contribution in [1.29, 1.82) is 0 Å². The van der Waals surface area contributed by atoms with Crippen LogP contribution in [0.4, 0.5) is 0 Å². The molecule has 2 rings (SSSR count). The highest BCUT2D eigenvalue weighted by molar-refractivity contribution is 14.1. The standard InChI is InChI=1S/C13H18INO/c14-8-12-10-15(7-6-13(12)16)9-11-4-2-1-3-5-11/h1-5,12-13,16H,6-10H2/t12-,13-/m1/s1. The van der Waals surface area contributed by atoms with Gasteiger partial charge in [-0.05, 0) is 12.0 Å². The Kier molecular flexibility index (Phi) is 4.61. The van der Waals surface area contributed by atoms with Gasteiger partial charge in [0.05, 0.1) is 6.10 Å². The van der Waals surface area contributed by atoms with Crippen LogP contribution in [-0.4, -0.2) is 33.6 Å². The number of likely N-dealkylation sites (tertiary alicyclic amines) is 1. The molecule has 1 aromatic rings. The average Bonchev–Trinajstić information content (AvgIpc) is 2.33. The fourth-order valence-corrected chi connectivity index (χ4v) is 3.10. The van der Waals surface area contributed by atoms with E-state index in [0.717, 1.165) is 30.5 Å². The minimum atomic E-state index is -0.0936. The molecule has 2 nitrogen and oxygen atoms in total. The highest BCUT2D eigenvalue weighted by Gasteiger charge is 2.26. The predicted octanol–water partition coefficient (Wildman–Crippen LogP) is 2.30. The van der Waals surface area contributed by atoms with Gasteiger partial charge in [-0.15, -0.1) is 0 Å². The summed E-state index contributed by atoms with van der Waals surface area (Å²) < 4.78 is 1.05. The SMILES string of the molecule is O[C@@H]1CCN(Cc2ccccc2)C[C@H]1CI. The summed E-state index contributed by atoms with van der Waals surface area (Å²) in [6.07, 6.45) is 0.824. The van der Waals surface area contributed by atoms with Gasteiger partial charge in [0, 0.05) is 30.0 Å². The molecule has 0 aliphatic carbocycles. The lowest BCUT2D eigenvalue weighted by atomic mass is 9.96. The quantitative estimate of drug-likeness (QED) is 0.679. The first-order valence-electron chi connectivity index (χ1n) is 5.80. The van der Waals surface area contributed by atoms with E-state index in [1.54, 1.807) is 0 Å². The molecule has 0 amide bonds. The van der Waals surface area contributed by atoms with Gasteiger partial charge in [0.1, 0.15) is 0 Å². The van der Waals surface area contributed by atoms with Crippen molar-refractivity contribution < 1.29 is 5.11 Å². The molecule has 88 valence electrons. The normalized spacial score (nSPS) is 26.9. The Labute approximate surface area is 111 Å².